The molecular weight excluding hydrogens is 326 g/mol. The highest BCUT2D eigenvalue weighted by molar-refractivity contribution is 6.02. The van der Waals surface area contributed by atoms with E-state index in [0.717, 1.165) is 47.2 Å². The van der Waals surface area contributed by atoms with Gasteiger partial charge in [-0.3, -0.25) is 14.2 Å². The molecule has 2 aliphatic heterocycles. The van der Waals surface area contributed by atoms with Crippen LogP contribution in [0.2, 0.25) is 0 Å². The third-order valence-electron chi connectivity index (χ3n) is 4.89. The maximum atomic E-state index is 13.1. The van der Waals surface area contributed by atoms with Crippen LogP contribution in [-0.4, -0.2) is 17.0 Å². The third kappa shape index (κ3) is 2.65. The molecule has 1 aromatic heterocycles. The Bertz CT molecular complexity index is 1010. The Morgan fingerprint density at radius 2 is 1.85 bits per heavy atom. The number of carbonyl (C=O) groups is 1. The van der Waals surface area contributed by atoms with Gasteiger partial charge >= 0.3 is 0 Å². The molecule has 1 amide bonds. The number of rotatable bonds is 1. The van der Waals surface area contributed by atoms with Crippen LogP contribution >= 0.6 is 0 Å². The fourth-order valence-corrected chi connectivity index (χ4v) is 3.53. The van der Waals surface area contributed by atoms with E-state index in [4.69, 9.17) is 0 Å². The first-order chi connectivity index (χ1) is 12.6. The smallest absolute Gasteiger partial charge is 0.278 e. The van der Waals surface area contributed by atoms with Crippen LogP contribution < -0.4 is 16.2 Å². The first-order valence-electron chi connectivity index (χ1n) is 8.84. The van der Waals surface area contributed by atoms with Crippen molar-refractivity contribution in [2.75, 3.05) is 11.9 Å². The molecule has 0 saturated heterocycles. The molecule has 26 heavy (non-hydrogen) atoms. The Morgan fingerprint density at radius 1 is 1.08 bits per heavy atom. The van der Waals surface area contributed by atoms with Crippen LogP contribution in [0.3, 0.4) is 0 Å². The van der Waals surface area contributed by atoms with Gasteiger partial charge in [0, 0.05) is 24.5 Å². The van der Waals surface area contributed by atoms with Crippen molar-refractivity contribution in [3.63, 3.8) is 0 Å². The number of aryl methyl sites for hydroxylation is 1. The Morgan fingerprint density at radius 3 is 2.62 bits per heavy atom. The van der Waals surface area contributed by atoms with Gasteiger partial charge < -0.3 is 10.6 Å². The number of nitrogens with one attached hydrogen (secondary N) is 2. The highest BCUT2D eigenvalue weighted by atomic mass is 16.2. The summed E-state index contributed by atoms with van der Waals surface area (Å²) in [6, 6.07) is 8.09. The van der Waals surface area contributed by atoms with Gasteiger partial charge in [-0.2, -0.15) is 0 Å². The summed E-state index contributed by atoms with van der Waals surface area (Å²) in [5, 5.41) is 6.06. The maximum Gasteiger partial charge on any atom is 0.278 e. The van der Waals surface area contributed by atoms with Crippen LogP contribution in [0.5, 0.6) is 0 Å². The number of nitrogens with zero attached hydrogens (tertiary/aromatic N) is 1. The molecule has 2 aliphatic rings. The van der Waals surface area contributed by atoms with Crippen LogP contribution in [0.1, 0.15) is 35.0 Å². The molecule has 2 N–H and O–H groups in total. The summed E-state index contributed by atoms with van der Waals surface area (Å²) in [6.45, 7) is 4.68. The van der Waals surface area contributed by atoms with Gasteiger partial charge in [0.1, 0.15) is 11.4 Å². The molecule has 5 heteroatoms. The summed E-state index contributed by atoms with van der Waals surface area (Å²) in [5.41, 5.74) is 5.56. The number of anilines is 1. The number of hydrogen-bond acceptors (Lipinski definition) is 3. The van der Waals surface area contributed by atoms with Crippen LogP contribution in [0.4, 0.5) is 5.69 Å². The van der Waals surface area contributed by atoms with Gasteiger partial charge in [0.15, 0.2) is 0 Å². The largest absolute Gasteiger partial charge is 0.380 e. The molecule has 0 bridgehead atoms. The molecule has 0 atom stereocenters. The number of allylic oxidation sites excluding steroid dienone is 2. The number of fused-ring (bicyclic) bond motifs is 2. The van der Waals surface area contributed by atoms with Gasteiger partial charge in [-0.25, -0.2) is 0 Å². The Balaban J connectivity index is 2.10. The molecule has 1 aromatic carbocycles. The molecular formula is C21H21N3O2. The number of amides is 1. The van der Waals surface area contributed by atoms with E-state index >= 15 is 0 Å². The van der Waals surface area contributed by atoms with Gasteiger partial charge in [-0.05, 0) is 49.5 Å². The van der Waals surface area contributed by atoms with Crippen LogP contribution in [0.25, 0.3) is 17.3 Å². The average Bonchev–Trinajstić information content (AvgIpc) is 2.65. The van der Waals surface area contributed by atoms with Crippen molar-refractivity contribution in [3.8, 4) is 11.1 Å². The van der Waals surface area contributed by atoms with Gasteiger partial charge in [-0.1, -0.05) is 29.8 Å². The van der Waals surface area contributed by atoms with Crippen molar-refractivity contribution in [2.45, 2.75) is 26.7 Å². The van der Waals surface area contributed by atoms with E-state index < -0.39 is 0 Å². The second-order valence-electron chi connectivity index (χ2n) is 6.83. The number of aromatic nitrogens is 1. The van der Waals surface area contributed by atoms with Crippen molar-refractivity contribution in [1.29, 1.82) is 0 Å². The zero-order valence-electron chi connectivity index (χ0n) is 14.9. The second-order valence-corrected chi connectivity index (χ2v) is 6.83. The molecule has 132 valence electrons. The molecule has 0 aliphatic carbocycles. The minimum atomic E-state index is -0.269. The second kappa shape index (κ2) is 6.33. The summed E-state index contributed by atoms with van der Waals surface area (Å²) in [7, 11) is 0. The number of hydrogen-bond donors (Lipinski definition) is 2. The molecule has 0 spiro atoms. The van der Waals surface area contributed by atoms with Crippen molar-refractivity contribution in [2.24, 2.45) is 0 Å². The number of carbonyl (C=O) groups excluding carboxylic acids is 1. The summed E-state index contributed by atoms with van der Waals surface area (Å²) < 4.78 is 1.47. The highest BCUT2D eigenvalue weighted by Crippen LogP contribution is 2.34. The van der Waals surface area contributed by atoms with Crippen molar-refractivity contribution in [3.05, 3.63) is 69.3 Å². The Labute approximate surface area is 152 Å². The molecule has 0 radical (unpaired) electrons. The normalized spacial score (nSPS) is 15.8. The van der Waals surface area contributed by atoms with Gasteiger partial charge in [0.2, 0.25) is 0 Å². The molecule has 3 heterocycles. The van der Waals surface area contributed by atoms with Crippen molar-refractivity contribution in [1.82, 2.24) is 9.88 Å². The van der Waals surface area contributed by atoms with E-state index in [1.807, 2.05) is 44.2 Å². The van der Waals surface area contributed by atoms with Crippen LogP contribution in [-0.2, 0) is 6.42 Å². The Kier molecular flexibility index (Phi) is 3.99. The van der Waals surface area contributed by atoms with E-state index in [0.29, 0.717) is 11.4 Å². The average molecular weight is 347 g/mol. The molecule has 0 unspecified atom stereocenters. The van der Waals surface area contributed by atoms with E-state index in [2.05, 4.69) is 10.6 Å². The Hall–Kier alpha value is -3.08. The van der Waals surface area contributed by atoms with Gasteiger partial charge in [0.25, 0.3) is 11.5 Å². The zero-order chi connectivity index (χ0) is 18.3. The van der Waals surface area contributed by atoms with Gasteiger partial charge in [-0.15, -0.1) is 0 Å². The minimum absolute atomic E-state index is 0.174. The van der Waals surface area contributed by atoms with Crippen LogP contribution in [0.15, 0.2) is 46.9 Å². The van der Waals surface area contributed by atoms with Crippen LogP contribution in [0, 0.1) is 6.92 Å². The summed E-state index contributed by atoms with van der Waals surface area (Å²) >= 11 is 0. The zero-order valence-corrected chi connectivity index (χ0v) is 14.9. The van der Waals surface area contributed by atoms with Gasteiger partial charge in [0.05, 0.1) is 0 Å². The SMILES string of the molecule is CC1=CNC(=O)c2c(-c3ccc(C)cc3)c3c(c(=O)n2C=C1)NCCC3. The molecule has 0 saturated carbocycles. The van der Waals surface area contributed by atoms with Crippen molar-refractivity contribution < 1.29 is 4.79 Å². The fourth-order valence-electron chi connectivity index (χ4n) is 3.53. The standard InChI is InChI=1S/C21H21N3O2/c1-13-5-7-15(8-6-13)17-16-4-3-10-22-18(16)21(26)24-11-9-14(2)12-23-20(25)19(17)24/h5-9,11-12,22H,3-4,10H2,1-2H3,(H,23,25). The predicted octanol–water partition coefficient (Wildman–Crippen LogP) is 3.30. The van der Waals surface area contributed by atoms with E-state index in [9.17, 15) is 9.59 Å². The van der Waals surface area contributed by atoms with E-state index in [-0.39, 0.29) is 11.5 Å². The maximum absolute atomic E-state index is 13.1. The number of pyridine rings is 1. The minimum Gasteiger partial charge on any atom is -0.380 e. The van der Waals surface area contributed by atoms with Crippen molar-refractivity contribution >= 4 is 17.8 Å². The molecule has 2 aromatic rings. The quantitative estimate of drug-likeness (QED) is 0.832. The van der Waals surface area contributed by atoms with E-state index in [1.54, 1.807) is 12.4 Å². The highest BCUT2D eigenvalue weighted by Gasteiger charge is 2.27. The first-order valence-corrected chi connectivity index (χ1v) is 8.84. The lowest BCUT2D eigenvalue weighted by molar-refractivity contribution is 0.0963. The molecule has 0 fully saturated rings. The summed E-state index contributed by atoms with van der Waals surface area (Å²) in [6.07, 6.45) is 6.91. The first kappa shape index (κ1) is 16.4. The number of benzene rings is 1. The third-order valence-corrected chi connectivity index (χ3v) is 4.89. The summed E-state index contributed by atoms with van der Waals surface area (Å²) in [4.78, 5) is 26.0. The lowest BCUT2D eigenvalue weighted by Crippen LogP contribution is -2.34. The molecule has 5 nitrogen and oxygen atoms in total. The lowest BCUT2D eigenvalue weighted by Gasteiger charge is -2.25. The predicted molar refractivity (Wildman–Crippen MR) is 104 cm³/mol. The fraction of sp³-hybridized carbons (Fsp3) is 0.238. The molecule has 4 rings (SSSR count). The monoisotopic (exact) mass is 347 g/mol. The summed E-state index contributed by atoms with van der Waals surface area (Å²) in [5.74, 6) is -0.269. The topological polar surface area (TPSA) is 63.1 Å². The lowest BCUT2D eigenvalue weighted by atomic mass is 9.91. The van der Waals surface area contributed by atoms with E-state index in [1.165, 1.54) is 4.57 Å².